The largest absolute Gasteiger partial charge is 0.471 e. The van der Waals surface area contributed by atoms with Crippen molar-refractivity contribution in [2.75, 3.05) is 0 Å². The molecule has 0 radical (unpaired) electrons. The van der Waals surface area contributed by atoms with Crippen LogP contribution >= 0.6 is 0 Å². The third-order valence-corrected chi connectivity index (χ3v) is 2.51. The van der Waals surface area contributed by atoms with E-state index < -0.39 is 18.3 Å². The number of ether oxygens (including phenoxy) is 2. The van der Waals surface area contributed by atoms with Crippen LogP contribution in [0.2, 0.25) is 0 Å². The number of aromatic nitrogens is 2. The fourth-order valence-electron chi connectivity index (χ4n) is 1.65. The molecule has 0 spiro atoms. The summed E-state index contributed by atoms with van der Waals surface area (Å²) in [5.41, 5.74) is -1.31. The van der Waals surface area contributed by atoms with Gasteiger partial charge in [-0.3, -0.25) is 0 Å². The molecule has 0 bridgehead atoms. The zero-order valence-corrected chi connectivity index (χ0v) is 10.3. The molecule has 1 aromatic heterocycles. The van der Waals surface area contributed by atoms with Gasteiger partial charge in [-0.25, -0.2) is 0 Å². The van der Waals surface area contributed by atoms with Gasteiger partial charge in [0.05, 0.1) is 11.8 Å². The average Bonchev–Trinajstić information content (AvgIpc) is 2.82. The van der Waals surface area contributed by atoms with Crippen molar-refractivity contribution in [2.45, 2.75) is 12.8 Å². The predicted octanol–water partition coefficient (Wildman–Crippen LogP) is 2.58. The highest BCUT2D eigenvalue weighted by molar-refractivity contribution is 5.42. The number of hydrogen-bond donors (Lipinski definition) is 1. The summed E-state index contributed by atoms with van der Waals surface area (Å²) < 4.78 is 48.4. The standard InChI is InChI=1S/C12H8F3N3O3/c13-12(14,15)9-2-1-3-10(21-7-16)8(9)6-20-11-4-5-18(19)17-11/h1-5,19H,6H2. The summed E-state index contributed by atoms with van der Waals surface area (Å²) in [5.74, 6) is -0.326. The fourth-order valence-corrected chi connectivity index (χ4v) is 1.65. The van der Waals surface area contributed by atoms with Crippen LogP contribution in [-0.2, 0) is 12.8 Å². The van der Waals surface area contributed by atoms with Crippen LogP contribution in [0.25, 0.3) is 0 Å². The maximum atomic E-state index is 12.9. The van der Waals surface area contributed by atoms with Crippen LogP contribution in [-0.4, -0.2) is 15.2 Å². The number of alkyl halides is 3. The first-order chi connectivity index (χ1) is 9.91. The van der Waals surface area contributed by atoms with E-state index >= 15 is 0 Å². The summed E-state index contributed by atoms with van der Waals surface area (Å²) in [7, 11) is 0. The average molecular weight is 299 g/mol. The Morgan fingerprint density at radius 2 is 2.10 bits per heavy atom. The maximum absolute atomic E-state index is 12.9. The molecule has 0 saturated heterocycles. The van der Waals surface area contributed by atoms with Gasteiger partial charge >= 0.3 is 6.18 Å². The van der Waals surface area contributed by atoms with Gasteiger partial charge in [0.15, 0.2) is 0 Å². The van der Waals surface area contributed by atoms with E-state index in [1.807, 2.05) is 0 Å². The summed E-state index contributed by atoms with van der Waals surface area (Å²) in [4.78, 5) is 0.456. The Labute approximate surface area is 116 Å². The van der Waals surface area contributed by atoms with Gasteiger partial charge < -0.3 is 14.7 Å². The van der Waals surface area contributed by atoms with Gasteiger partial charge in [-0.1, -0.05) is 11.2 Å². The smallest absolute Gasteiger partial charge is 0.416 e. The van der Waals surface area contributed by atoms with Crippen LogP contribution in [0.5, 0.6) is 11.6 Å². The Kier molecular flexibility index (Phi) is 3.89. The van der Waals surface area contributed by atoms with Crippen molar-refractivity contribution in [1.29, 1.82) is 5.26 Å². The Hall–Kier alpha value is -2.89. The molecule has 110 valence electrons. The molecule has 0 aliphatic heterocycles. The van der Waals surface area contributed by atoms with Crippen molar-refractivity contribution >= 4 is 0 Å². The van der Waals surface area contributed by atoms with Crippen LogP contribution in [0, 0.1) is 11.5 Å². The zero-order chi connectivity index (χ0) is 15.5. The summed E-state index contributed by atoms with van der Waals surface area (Å²) in [6.45, 7) is -0.524. The molecule has 0 aliphatic rings. The lowest BCUT2D eigenvalue weighted by molar-refractivity contribution is -0.138. The molecule has 0 fully saturated rings. The third kappa shape index (κ3) is 3.36. The lowest BCUT2D eigenvalue weighted by Crippen LogP contribution is -2.12. The predicted molar refractivity (Wildman–Crippen MR) is 61.4 cm³/mol. The summed E-state index contributed by atoms with van der Waals surface area (Å²) in [5, 5.41) is 20.9. The SMILES string of the molecule is N#COc1cccc(C(F)(F)F)c1COc1ccn(O)n1. The number of hydrogen-bond acceptors (Lipinski definition) is 5. The summed E-state index contributed by atoms with van der Waals surface area (Å²) >= 11 is 0. The molecule has 1 heterocycles. The highest BCUT2D eigenvalue weighted by Gasteiger charge is 2.35. The molecular weight excluding hydrogens is 291 g/mol. The van der Waals surface area contributed by atoms with E-state index in [2.05, 4.69) is 9.84 Å². The van der Waals surface area contributed by atoms with Gasteiger partial charge in [-0.15, -0.1) is 10.1 Å². The van der Waals surface area contributed by atoms with E-state index in [1.165, 1.54) is 18.4 Å². The second-order valence-corrected chi connectivity index (χ2v) is 3.84. The first-order valence-corrected chi connectivity index (χ1v) is 5.54. The van der Waals surface area contributed by atoms with E-state index in [4.69, 9.17) is 15.2 Å². The molecule has 2 aromatic rings. The van der Waals surface area contributed by atoms with Crippen LogP contribution in [0.4, 0.5) is 13.2 Å². The zero-order valence-electron chi connectivity index (χ0n) is 10.3. The fraction of sp³-hybridized carbons (Fsp3) is 0.167. The first-order valence-electron chi connectivity index (χ1n) is 5.54. The second-order valence-electron chi connectivity index (χ2n) is 3.84. The molecule has 21 heavy (non-hydrogen) atoms. The van der Waals surface area contributed by atoms with Crippen LogP contribution < -0.4 is 9.47 Å². The minimum absolute atomic E-state index is 0.0719. The number of nitriles is 1. The Morgan fingerprint density at radius 3 is 2.67 bits per heavy atom. The Morgan fingerprint density at radius 1 is 1.33 bits per heavy atom. The number of nitrogens with zero attached hydrogens (tertiary/aromatic N) is 3. The second kappa shape index (κ2) is 5.62. The molecule has 1 N–H and O–H groups in total. The van der Waals surface area contributed by atoms with Gasteiger partial charge in [0.2, 0.25) is 5.88 Å². The normalized spacial score (nSPS) is 11.0. The van der Waals surface area contributed by atoms with Crippen LogP contribution in [0.1, 0.15) is 11.1 Å². The van der Waals surface area contributed by atoms with Gasteiger partial charge in [-0.2, -0.15) is 13.2 Å². The lowest BCUT2D eigenvalue weighted by Gasteiger charge is -2.14. The lowest BCUT2D eigenvalue weighted by atomic mass is 10.1. The maximum Gasteiger partial charge on any atom is 0.416 e. The van der Waals surface area contributed by atoms with Gasteiger partial charge in [-0.05, 0) is 12.1 Å². The van der Waals surface area contributed by atoms with Crippen molar-refractivity contribution in [3.05, 3.63) is 41.6 Å². The molecule has 1 aromatic carbocycles. The van der Waals surface area contributed by atoms with Crippen LogP contribution in [0.15, 0.2) is 30.5 Å². The molecule has 0 aliphatic carbocycles. The van der Waals surface area contributed by atoms with Gasteiger partial charge in [0.25, 0.3) is 6.26 Å². The molecule has 0 saturated carbocycles. The minimum atomic E-state index is -4.62. The van der Waals surface area contributed by atoms with Gasteiger partial charge in [0.1, 0.15) is 12.4 Å². The van der Waals surface area contributed by atoms with Crippen molar-refractivity contribution in [3.8, 4) is 17.9 Å². The van der Waals surface area contributed by atoms with E-state index in [0.29, 0.717) is 4.85 Å². The number of benzene rings is 1. The molecule has 9 heteroatoms. The highest BCUT2D eigenvalue weighted by Crippen LogP contribution is 2.36. The van der Waals surface area contributed by atoms with Crippen molar-refractivity contribution < 1.29 is 27.9 Å². The highest BCUT2D eigenvalue weighted by atomic mass is 19.4. The van der Waals surface area contributed by atoms with Crippen molar-refractivity contribution in [1.82, 2.24) is 9.94 Å². The summed E-state index contributed by atoms with van der Waals surface area (Å²) in [6, 6.07) is 4.47. The molecule has 0 unspecified atom stereocenters. The molecule has 0 atom stereocenters. The first kappa shape index (κ1) is 14.5. The van der Waals surface area contributed by atoms with E-state index in [-0.39, 0.29) is 17.2 Å². The molecule has 2 rings (SSSR count). The summed E-state index contributed by atoms with van der Waals surface area (Å²) in [6.07, 6.45) is -2.15. The van der Waals surface area contributed by atoms with E-state index in [9.17, 15) is 13.2 Å². The molecule has 6 nitrogen and oxygen atoms in total. The van der Waals surface area contributed by atoms with Crippen molar-refractivity contribution in [2.24, 2.45) is 0 Å². The van der Waals surface area contributed by atoms with Crippen LogP contribution in [0.3, 0.4) is 0 Å². The third-order valence-electron chi connectivity index (χ3n) is 2.51. The van der Waals surface area contributed by atoms with Gasteiger partial charge in [0, 0.05) is 11.6 Å². The minimum Gasteiger partial charge on any atom is -0.471 e. The number of halogens is 3. The Bertz CT molecular complexity index is 676. The van der Waals surface area contributed by atoms with E-state index in [0.717, 1.165) is 18.3 Å². The monoisotopic (exact) mass is 299 g/mol. The molecule has 0 amide bonds. The van der Waals surface area contributed by atoms with E-state index in [1.54, 1.807) is 0 Å². The number of rotatable bonds is 4. The van der Waals surface area contributed by atoms with Crippen molar-refractivity contribution in [3.63, 3.8) is 0 Å². The Balaban J connectivity index is 2.32. The molecular formula is C12H8F3N3O3. The quantitative estimate of drug-likeness (QED) is 0.693. The topological polar surface area (TPSA) is 80.3 Å².